The fourth-order valence-electron chi connectivity index (χ4n) is 3.83. The van der Waals surface area contributed by atoms with E-state index in [-0.39, 0.29) is 5.57 Å². The van der Waals surface area contributed by atoms with Gasteiger partial charge in [-0.1, -0.05) is 31.2 Å². The Morgan fingerprint density at radius 1 is 1.03 bits per heavy atom. The summed E-state index contributed by atoms with van der Waals surface area (Å²) in [5.74, 6) is -0.601. The van der Waals surface area contributed by atoms with Crippen LogP contribution in [0.5, 0.6) is 0 Å². The molecule has 1 N–H and O–H groups in total. The van der Waals surface area contributed by atoms with Gasteiger partial charge in [-0.15, -0.1) is 0 Å². The van der Waals surface area contributed by atoms with Gasteiger partial charge in [0.15, 0.2) is 0 Å². The third-order valence-electron chi connectivity index (χ3n) is 5.36. The Balaban J connectivity index is 1.78. The van der Waals surface area contributed by atoms with Crippen LogP contribution in [0.4, 0.5) is 10.5 Å². The highest BCUT2D eigenvalue weighted by atomic mass is 16.2. The van der Waals surface area contributed by atoms with Crippen molar-refractivity contribution >= 4 is 29.6 Å². The van der Waals surface area contributed by atoms with E-state index < -0.39 is 17.8 Å². The van der Waals surface area contributed by atoms with Crippen LogP contribution in [0.25, 0.3) is 11.9 Å². The highest BCUT2D eigenvalue weighted by Gasteiger charge is 2.37. The molecule has 3 aromatic rings. The molecule has 0 atom stereocenters. The molecule has 4 rings (SSSR count). The van der Waals surface area contributed by atoms with E-state index in [0.717, 1.165) is 27.7 Å². The van der Waals surface area contributed by atoms with Crippen LogP contribution in [-0.2, 0) is 16.0 Å². The third-order valence-corrected chi connectivity index (χ3v) is 5.36. The van der Waals surface area contributed by atoms with Crippen molar-refractivity contribution in [2.24, 2.45) is 0 Å². The number of hydrogen-bond donors (Lipinski definition) is 1. The number of nitrogens with zero attached hydrogens (tertiary/aromatic N) is 3. The van der Waals surface area contributed by atoms with E-state index in [0.29, 0.717) is 17.7 Å². The minimum absolute atomic E-state index is 0.0909. The maximum absolute atomic E-state index is 13.2. The van der Waals surface area contributed by atoms with Crippen LogP contribution in [0.2, 0.25) is 0 Å². The fourth-order valence-corrected chi connectivity index (χ4v) is 3.83. The number of aromatic nitrogens is 2. The first-order valence-electron chi connectivity index (χ1n) is 10.0. The molecule has 3 heterocycles. The van der Waals surface area contributed by atoms with Gasteiger partial charge < -0.3 is 4.57 Å². The number of aryl methyl sites for hydroxylation is 2. The van der Waals surface area contributed by atoms with Crippen molar-refractivity contribution in [1.29, 1.82) is 0 Å². The maximum atomic E-state index is 13.2. The van der Waals surface area contributed by atoms with Gasteiger partial charge in [-0.3, -0.25) is 14.9 Å². The zero-order chi connectivity index (χ0) is 22.1. The Hall–Kier alpha value is -4.00. The van der Waals surface area contributed by atoms with E-state index in [1.165, 1.54) is 6.08 Å². The number of amides is 4. The number of benzene rings is 1. The van der Waals surface area contributed by atoms with E-state index >= 15 is 0 Å². The summed E-state index contributed by atoms with van der Waals surface area (Å²) >= 11 is 0. The standard InChI is InChI=1S/C24H22N4O3/c1-4-17-9-5-6-10-20(17)28-23(30)19(22(29)26-24(28)31)14-18-13-15(2)27(16(18)3)21-11-7-8-12-25-21/h5-14H,4H2,1-3H3,(H,26,29,31)/b19-14+. The smallest absolute Gasteiger partial charge is 0.303 e. The summed E-state index contributed by atoms with van der Waals surface area (Å²) in [6, 6.07) is 13.9. The van der Waals surface area contributed by atoms with Gasteiger partial charge in [-0.05, 0) is 61.7 Å². The zero-order valence-corrected chi connectivity index (χ0v) is 17.5. The number of carbonyl (C=O) groups is 3. The summed E-state index contributed by atoms with van der Waals surface area (Å²) in [7, 11) is 0. The number of pyridine rings is 1. The van der Waals surface area contributed by atoms with Crippen molar-refractivity contribution < 1.29 is 14.4 Å². The molecular weight excluding hydrogens is 392 g/mol. The monoisotopic (exact) mass is 414 g/mol. The average Bonchev–Trinajstić information content (AvgIpc) is 3.04. The predicted molar refractivity (Wildman–Crippen MR) is 118 cm³/mol. The van der Waals surface area contributed by atoms with E-state index in [4.69, 9.17) is 0 Å². The lowest BCUT2D eigenvalue weighted by Gasteiger charge is -2.27. The molecule has 31 heavy (non-hydrogen) atoms. The molecular formula is C24H22N4O3. The van der Waals surface area contributed by atoms with Crippen molar-refractivity contribution in [3.05, 3.63) is 82.8 Å². The maximum Gasteiger partial charge on any atom is 0.335 e. The second kappa shape index (κ2) is 8.02. The Bertz CT molecular complexity index is 1220. The van der Waals surface area contributed by atoms with Crippen LogP contribution in [0.3, 0.4) is 0 Å². The van der Waals surface area contributed by atoms with Gasteiger partial charge in [0.2, 0.25) is 0 Å². The molecule has 7 nitrogen and oxygen atoms in total. The van der Waals surface area contributed by atoms with Crippen molar-refractivity contribution in [3.63, 3.8) is 0 Å². The minimum Gasteiger partial charge on any atom is -0.303 e. The molecule has 1 aromatic carbocycles. The van der Waals surface area contributed by atoms with Gasteiger partial charge in [0.1, 0.15) is 11.4 Å². The number of anilines is 1. The lowest BCUT2D eigenvalue weighted by atomic mass is 10.0. The van der Waals surface area contributed by atoms with Crippen LogP contribution < -0.4 is 10.2 Å². The largest absolute Gasteiger partial charge is 0.335 e. The lowest BCUT2D eigenvalue weighted by Crippen LogP contribution is -2.54. The molecule has 0 spiro atoms. The first kappa shape index (κ1) is 20.3. The number of rotatable bonds is 4. The Morgan fingerprint density at radius 2 is 1.77 bits per heavy atom. The second-order valence-electron chi connectivity index (χ2n) is 7.29. The summed E-state index contributed by atoms with van der Waals surface area (Å²) < 4.78 is 1.95. The topological polar surface area (TPSA) is 84.3 Å². The molecule has 0 bridgehead atoms. The van der Waals surface area contributed by atoms with Crippen LogP contribution >= 0.6 is 0 Å². The molecule has 2 aromatic heterocycles. The Kier molecular flexibility index (Phi) is 5.25. The van der Waals surface area contributed by atoms with Gasteiger partial charge in [0, 0.05) is 17.6 Å². The summed E-state index contributed by atoms with van der Waals surface area (Å²) in [4.78, 5) is 43.7. The van der Waals surface area contributed by atoms with E-state index in [1.54, 1.807) is 18.3 Å². The molecule has 1 fully saturated rings. The second-order valence-corrected chi connectivity index (χ2v) is 7.29. The Labute approximate surface area is 180 Å². The number of carbonyl (C=O) groups excluding carboxylic acids is 3. The first-order valence-corrected chi connectivity index (χ1v) is 10.0. The molecule has 7 heteroatoms. The number of nitrogens with one attached hydrogen (secondary N) is 1. The Morgan fingerprint density at radius 3 is 2.48 bits per heavy atom. The molecule has 1 aliphatic rings. The lowest BCUT2D eigenvalue weighted by molar-refractivity contribution is -0.122. The van der Waals surface area contributed by atoms with Gasteiger partial charge in [-0.2, -0.15) is 0 Å². The van der Waals surface area contributed by atoms with Crippen LogP contribution in [0.1, 0.15) is 29.4 Å². The summed E-state index contributed by atoms with van der Waals surface area (Å²) in [6.45, 7) is 5.77. The first-order chi connectivity index (χ1) is 14.9. The van der Waals surface area contributed by atoms with Crippen molar-refractivity contribution in [2.45, 2.75) is 27.2 Å². The van der Waals surface area contributed by atoms with Gasteiger partial charge in [-0.25, -0.2) is 14.7 Å². The molecule has 1 saturated heterocycles. The van der Waals surface area contributed by atoms with E-state index in [2.05, 4.69) is 10.3 Å². The molecule has 0 saturated carbocycles. The highest BCUT2D eigenvalue weighted by molar-refractivity contribution is 6.39. The number of para-hydroxylation sites is 1. The van der Waals surface area contributed by atoms with Crippen molar-refractivity contribution in [3.8, 4) is 5.82 Å². The average molecular weight is 414 g/mol. The summed E-state index contributed by atoms with van der Waals surface area (Å²) in [5.41, 5.74) is 3.68. The highest BCUT2D eigenvalue weighted by Crippen LogP contribution is 2.27. The van der Waals surface area contributed by atoms with Gasteiger partial charge >= 0.3 is 6.03 Å². The van der Waals surface area contributed by atoms with Crippen LogP contribution in [0, 0.1) is 13.8 Å². The van der Waals surface area contributed by atoms with Gasteiger partial charge in [0.05, 0.1) is 5.69 Å². The van der Waals surface area contributed by atoms with E-state index in [1.807, 2.05) is 61.7 Å². The predicted octanol–water partition coefficient (Wildman–Crippen LogP) is 3.72. The minimum atomic E-state index is -0.744. The number of hydrogen-bond acceptors (Lipinski definition) is 4. The normalized spacial score (nSPS) is 15.5. The summed E-state index contributed by atoms with van der Waals surface area (Å²) in [5, 5.41) is 2.29. The molecule has 0 unspecified atom stereocenters. The summed E-state index contributed by atoms with van der Waals surface area (Å²) in [6.07, 6.45) is 3.89. The zero-order valence-electron chi connectivity index (χ0n) is 17.5. The molecule has 156 valence electrons. The number of imide groups is 2. The molecule has 1 aliphatic heterocycles. The number of barbiturate groups is 1. The van der Waals surface area contributed by atoms with E-state index in [9.17, 15) is 14.4 Å². The van der Waals surface area contributed by atoms with Crippen LogP contribution in [-0.4, -0.2) is 27.4 Å². The van der Waals surface area contributed by atoms with Crippen LogP contribution in [0.15, 0.2) is 60.3 Å². The number of urea groups is 1. The quantitative estimate of drug-likeness (QED) is 0.521. The van der Waals surface area contributed by atoms with Gasteiger partial charge in [0.25, 0.3) is 11.8 Å². The van der Waals surface area contributed by atoms with Crippen molar-refractivity contribution in [1.82, 2.24) is 14.9 Å². The molecule has 0 radical (unpaired) electrons. The molecule has 0 aliphatic carbocycles. The third kappa shape index (κ3) is 3.54. The van der Waals surface area contributed by atoms with Crippen molar-refractivity contribution in [2.75, 3.05) is 4.90 Å². The SMILES string of the molecule is CCc1ccccc1N1C(=O)NC(=O)/C(=C\c2cc(C)n(-c3ccccn3)c2C)C1=O. The fraction of sp³-hybridized carbons (Fsp3) is 0.167. The molecule has 4 amide bonds.